The Kier molecular flexibility index (Phi) is 5.98. The molecule has 11 heteroatoms. The largest absolute Gasteiger partial charge is 0.469 e. The molecule has 2 aliphatic rings. The van der Waals surface area contributed by atoms with E-state index in [9.17, 15) is 22.8 Å². The quantitative estimate of drug-likeness (QED) is 0.464. The number of anilines is 1. The molecule has 0 saturated carbocycles. The molecule has 0 unspecified atom stereocenters. The fraction of sp³-hybridized carbons (Fsp3) is 0.348. The van der Waals surface area contributed by atoms with Gasteiger partial charge in [-0.3, -0.25) is 9.69 Å². The first kappa shape index (κ1) is 23.6. The van der Waals surface area contributed by atoms with E-state index >= 15 is 0 Å². The van der Waals surface area contributed by atoms with Crippen molar-refractivity contribution in [2.24, 2.45) is 0 Å². The molecular weight excluding hydrogens is 464 g/mol. The highest BCUT2D eigenvalue weighted by atomic mass is 32.2. The summed E-state index contributed by atoms with van der Waals surface area (Å²) >= 11 is 0. The Morgan fingerprint density at radius 3 is 2.21 bits per heavy atom. The van der Waals surface area contributed by atoms with Crippen molar-refractivity contribution in [3.05, 3.63) is 60.2 Å². The zero-order valence-electron chi connectivity index (χ0n) is 18.8. The second-order valence-electron chi connectivity index (χ2n) is 8.01. The van der Waals surface area contributed by atoms with Gasteiger partial charge in [-0.1, -0.05) is 36.4 Å². The number of sulfonamides is 1. The van der Waals surface area contributed by atoms with Crippen LogP contribution in [0.1, 0.15) is 24.3 Å². The molecule has 0 N–H and O–H groups in total. The van der Waals surface area contributed by atoms with Crippen LogP contribution in [-0.2, 0) is 33.8 Å². The second kappa shape index (κ2) is 8.64. The first-order valence-corrected chi connectivity index (χ1v) is 11.9. The van der Waals surface area contributed by atoms with E-state index in [-0.39, 0.29) is 11.3 Å². The molecule has 0 bridgehead atoms. The van der Waals surface area contributed by atoms with Gasteiger partial charge in [-0.05, 0) is 30.2 Å². The topological polar surface area (TPSA) is 120 Å². The molecule has 1 saturated heterocycles. The number of carbonyl (C=O) groups excluding carboxylic acids is 3. The maximum atomic E-state index is 13.9. The van der Waals surface area contributed by atoms with Crippen molar-refractivity contribution >= 4 is 33.7 Å². The number of carbonyl (C=O) groups is 3. The number of hydrogen-bond acceptors (Lipinski definition) is 8. The maximum Gasteiger partial charge on any atom is 0.412 e. The summed E-state index contributed by atoms with van der Waals surface area (Å²) in [6.07, 6.45) is -2.73. The summed E-state index contributed by atoms with van der Waals surface area (Å²) in [5, 5.41) is 0. The van der Waals surface area contributed by atoms with Crippen molar-refractivity contribution in [3.8, 4) is 0 Å². The fourth-order valence-electron chi connectivity index (χ4n) is 4.95. The van der Waals surface area contributed by atoms with Crippen molar-refractivity contribution in [2.75, 3.05) is 25.6 Å². The van der Waals surface area contributed by atoms with Crippen molar-refractivity contribution in [2.45, 2.75) is 35.4 Å². The molecule has 34 heavy (non-hydrogen) atoms. The number of benzene rings is 2. The van der Waals surface area contributed by atoms with Crippen LogP contribution in [0.2, 0.25) is 0 Å². The molecule has 0 aromatic heterocycles. The van der Waals surface area contributed by atoms with Crippen molar-refractivity contribution in [3.63, 3.8) is 0 Å². The van der Waals surface area contributed by atoms with Crippen LogP contribution in [0, 0.1) is 0 Å². The Morgan fingerprint density at radius 1 is 0.941 bits per heavy atom. The Bertz CT molecular complexity index is 1230. The van der Waals surface area contributed by atoms with Gasteiger partial charge in [0.25, 0.3) is 10.0 Å². The molecule has 0 radical (unpaired) electrons. The number of fused-ring (bicyclic) bond motifs is 3. The number of ether oxygens (including phenoxy) is 3. The van der Waals surface area contributed by atoms with Gasteiger partial charge in [-0.25, -0.2) is 22.3 Å². The van der Waals surface area contributed by atoms with Crippen molar-refractivity contribution < 1.29 is 37.0 Å². The Morgan fingerprint density at radius 2 is 1.59 bits per heavy atom. The molecule has 3 atom stereocenters. The van der Waals surface area contributed by atoms with Gasteiger partial charge in [0.05, 0.1) is 38.3 Å². The smallest absolute Gasteiger partial charge is 0.412 e. The van der Waals surface area contributed by atoms with Gasteiger partial charge in [0, 0.05) is 5.92 Å². The summed E-state index contributed by atoms with van der Waals surface area (Å²) in [6, 6.07) is 14.6. The molecule has 10 nitrogen and oxygen atoms in total. The average molecular weight is 489 g/mol. The molecule has 0 spiro atoms. The van der Waals surface area contributed by atoms with Crippen LogP contribution in [0.4, 0.5) is 10.5 Å². The Hall–Kier alpha value is -3.60. The molecule has 2 heterocycles. The van der Waals surface area contributed by atoms with Gasteiger partial charge >= 0.3 is 18.0 Å². The van der Waals surface area contributed by atoms with E-state index in [0.717, 1.165) is 30.5 Å². The minimum Gasteiger partial charge on any atom is -0.469 e. The van der Waals surface area contributed by atoms with Gasteiger partial charge in [-0.15, -0.1) is 0 Å². The highest BCUT2D eigenvalue weighted by molar-refractivity contribution is 7.92. The van der Waals surface area contributed by atoms with E-state index in [1.54, 1.807) is 42.5 Å². The average Bonchev–Trinajstić information content (AvgIpc) is 3.35. The lowest BCUT2D eigenvalue weighted by Gasteiger charge is -2.40. The summed E-state index contributed by atoms with van der Waals surface area (Å²) in [7, 11) is -0.767. The van der Waals surface area contributed by atoms with Crippen LogP contribution in [0.5, 0.6) is 0 Å². The zero-order valence-corrected chi connectivity index (χ0v) is 19.7. The maximum absolute atomic E-state index is 13.9. The lowest BCUT2D eigenvalue weighted by Crippen LogP contribution is -2.61. The van der Waals surface area contributed by atoms with E-state index in [1.807, 2.05) is 0 Å². The van der Waals surface area contributed by atoms with Crippen molar-refractivity contribution in [1.82, 2.24) is 4.90 Å². The monoisotopic (exact) mass is 488 g/mol. The molecule has 180 valence electrons. The number of nitrogens with zero attached hydrogens (tertiary/aromatic N) is 2. The number of rotatable bonds is 5. The van der Waals surface area contributed by atoms with Gasteiger partial charge < -0.3 is 14.2 Å². The minimum atomic E-state index is -4.18. The highest BCUT2D eigenvalue weighted by Gasteiger charge is 2.66. The van der Waals surface area contributed by atoms with Crippen LogP contribution in [0.3, 0.4) is 0 Å². The normalized spacial score (nSPS) is 23.1. The molecule has 1 fully saturated rings. The molecular formula is C23H24N2O8S. The van der Waals surface area contributed by atoms with Gasteiger partial charge in [0.2, 0.25) is 0 Å². The number of likely N-dealkylation sites (tertiary alicyclic amines) is 1. The SMILES string of the molecule is COC(=O)C[C@@]1(C(=O)OC)C[C@@H]2c3ccccc3N(S(=O)(=O)c3ccccc3)[C@@H]2N1C(=O)OC. The zero-order chi connectivity index (χ0) is 24.7. The van der Waals surface area contributed by atoms with Crippen LogP contribution in [-0.4, -0.2) is 64.4 Å². The molecule has 0 aliphatic carbocycles. The molecule has 4 rings (SSSR count). The first-order valence-electron chi connectivity index (χ1n) is 10.4. The third-order valence-corrected chi connectivity index (χ3v) is 8.16. The third-order valence-electron chi connectivity index (χ3n) is 6.36. The minimum absolute atomic E-state index is 0.0128. The number of amides is 1. The molecule has 1 amide bonds. The first-order chi connectivity index (χ1) is 16.2. The van der Waals surface area contributed by atoms with Gasteiger partial charge in [0.1, 0.15) is 6.17 Å². The lowest BCUT2D eigenvalue weighted by atomic mass is 9.86. The number of esters is 2. The summed E-state index contributed by atoms with van der Waals surface area (Å²) in [4.78, 5) is 39.7. The number of para-hydroxylation sites is 1. The van der Waals surface area contributed by atoms with E-state index < -0.39 is 52.1 Å². The van der Waals surface area contributed by atoms with Crippen LogP contribution in [0.25, 0.3) is 0 Å². The van der Waals surface area contributed by atoms with Gasteiger partial charge in [-0.2, -0.15) is 0 Å². The summed E-state index contributed by atoms with van der Waals surface area (Å²) < 4.78 is 43.6. The second-order valence-corrected chi connectivity index (χ2v) is 9.83. The van der Waals surface area contributed by atoms with Crippen LogP contribution < -0.4 is 4.31 Å². The highest BCUT2D eigenvalue weighted by Crippen LogP contribution is 2.56. The fourth-order valence-corrected chi connectivity index (χ4v) is 6.63. The third kappa shape index (κ3) is 3.38. The molecule has 2 aromatic rings. The molecule has 2 aliphatic heterocycles. The standard InChI is InChI=1S/C23H24N2O8S/c1-31-19(26)14-23(21(27)32-2)13-17-16-11-7-8-12-18(16)25(20(17)24(23)22(28)33-3)34(29,30)15-9-5-4-6-10-15/h4-12,17,20H,13-14H2,1-3H3/t17-,20+,23-/m1/s1. The predicted octanol–water partition coefficient (Wildman–Crippen LogP) is 2.25. The van der Waals surface area contributed by atoms with Crippen LogP contribution in [0.15, 0.2) is 59.5 Å². The number of hydrogen-bond donors (Lipinski definition) is 0. The van der Waals surface area contributed by atoms with Crippen molar-refractivity contribution in [1.29, 1.82) is 0 Å². The lowest BCUT2D eigenvalue weighted by molar-refractivity contribution is -0.159. The summed E-state index contributed by atoms with van der Waals surface area (Å²) in [6.45, 7) is 0. The van der Waals surface area contributed by atoms with E-state index in [4.69, 9.17) is 14.2 Å². The summed E-state index contributed by atoms with van der Waals surface area (Å²) in [5.74, 6) is -2.25. The number of methoxy groups -OCH3 is 3. The summed E-state index contributed by atoms with van der Waals surface area (Å²) in [5.41, 5.74) is -0.828. The van der Waals surface area contributed by atoms with E-state index in [0.29, 0.717) is 11.3 Å². The molecule has 2 aromatic carbocycles. The van der Waals surface area contributed by atoms with Crippen LogP contribution >= 0.6 is 0 Å². The Labute approximate surface area is 197 Å². The van der Waals surface area contributed by atoms with E-state index in [2.05, 4.69) is 0 Å². The van der Waals surface area contributed by atoms with E-state index in [1.165, 1.54) is 12.1 Å². The van der Waals surface area contributed by atoms with Gasteiger partial charge in [0.15, 0.2) is 5.54 Å². The predicted molar refractivity (Wildman–Crippen MR) is 119 cm³/mol. The Balaban J connectivity index is 1.97.